The van der Waals surface area contributed by atoms with Crippen molar-refractivity contribution in [2.45, 2.75) is 90.3 Å². The second-order valence-corrected chi connectivity index (χ2v) is 11.8. The van der Waals surface area contributed by atoms with E-state index in [2.05, 4.69) is 12.1 Å². The van der Waals surface area contributed by atoms with E-state index in [1.54, 1.807) is 0 Å². The summed E-state index contributed by atoms with van der Waals surface area (Å²) in [5.74, 6) is -0.533. The molecule has 0 atom stereocenters. The van der Waals surface area contributed by atoms with Crippen LogP contribution in [0.3, 0.4) is 0 Å². The van der Waals surface area contributed by atoms with E-state index in [4.69, 9.17) is 9.94 Å². The van der Waals surface area contributed by atoms with Crippen molar-refractivity contribution >= 4 is 23.2 Å². The Morgan fingerprint density at radius 2 is 1.68 bits per heavy atom. The van der Waals surface area contributed by atoms with E-state index in [0.717, 1.165) is 62.5 Å². The summed E-state index contributed by atoms with van der Waals surface area (Å²) in [7, 11) is 0. The number of hydrogen-bond donors (Lipinski definition) is 0. The number of carbonyl (C=O) groups is 2. The SMILES string of the molecule is CCCCCCC(=O)O/N=C(/Cn1c2c(c(=O)n3nc(-c4ccccc4)cc13)CN(C1CCCCC1)C2=O)c1ccccc1. The van der Waals surface area contributed by atoms with Crippen LogP contribution < -0.4 is 5.56 Å². The Hall–Kier alpha value is -4.53. The van der Waals surface area contributed by atoms with Crippen molar-refractivity contribution in [2.24, 2.45) is 5.16 Å². The van der Waals surface area contributed by atoms with Crippen LogP contribution >= 0.6 is 0 Å². The molecule has 0 unspecified atom stereocenters. The highest BCUT2D eigenvalue weighted by molar-refractivity contribution is 6.02. The first-order valence-electron chi connectivity index (χ1n) is 15.9. The molecule has 1 aliphatic heterocycles. The lowest BCUT2D eigenvalue weighted by Gasteiger charge is -2.30. The van der Waals surface area contributed by atoms with Crippen LogP contribution in [0.15, 0.2) is 76.7 Å². The summed E-state index contributed by atoms with van der Waals surface area (Å²) in [6, 6.07) is 21.1. The van der Waals surface area contributed by atoms with Gasteiger partial charge in [-0.3, -0.25) is 9.59 Å². The van der Waals surface area contributed by atoms with Crippen molar-refractivity contribution in [1.82, 2.24) is 19.1 Å². The lowest BCUT2D eigenvalue weighted by atomic mass is 9.94. The molecule has 3 heterocycles. The number of benzene rings is 2. The lowest BCUT2D eigenvalue weighted by Crippen LogP contribution is -2.37. The van der Waals surface area contributed by atoms with Crippen molar-refractivity contribution in [1.29, 1.82) is 0 Å². The maximum Gasteiger partial charge on any atom is 0.335 e. The van der Waals surface area contributed by atoms with Crippen LogP contribution in [-0.2, 0) is 22.7 Å². The van der Waals surface area contributed by atoms with Gasteiger partial charge in [0.1, 0.15) is 17.1 Å². The number of oxime groups is 1. The number of rotatable bonds is 11. The molecular formula is C35H39N5O4. The van der Waals surface area contributed by atoms with E-state index >= 15 is 0 Å². The van der Waals surface area contributed by atoms with E-state index in [-0.39, 0.29) is 36.6 Å². The monoisotopic (exact) mass is 593 g/mol. The van der Waals surface area contributed by atoms with Gasteiger partial charge in [0, 0.05) is 29.7 Å². The van der Waals surface area contributed by atoms with Crippen LogP contribution in [0.5, 0.6) is 0 Å². The summed E-state index contributed by atoms with van der Waals surface area (Å²) in [5, 5.41) is 9.07. The van der Waals surface area contributed by atoms with Crippen molar-refractivity contribution in [2.75, 3.05) is 0 Å². The molecular weight excluding hydrogens is 554 g/mol. The molecule has 1 saturated carbocycles. The fourth-order valence-electron chi connectivity index (χ4n) is 6.38. The molecule has 9 nitrogen and oxygen atoms in total. The number of carbonyl (C=O) groups excluding carboxylic acids is 2. The van der Waals surface area contributed by atoms with Crippen LogP contribution in [0.4, 0.5) is 0 Å². The molecule has 0 radical (unpaired) electrons. The Bertz CT molecular complexity index is 1720. The average Bonchev–Trinajstić information content (AvgIpc) is 3.67. The van der Waals surface area contributed by atoms with E-state index < -0.39 is 0 Å². The number of unbranched alkanes of at least 4 members (excludes halogenated alkanes) is 3. The summed E-state index contributed by atoms with van der Waals surface area (Å²) >= 11 is 0. The summed E-state index contributed by atoms with van der Waals surface area (Å²) in [6.45, 7) is 2.50. The lowest BCUT2D eigenvalue weighted by molar-refractivity contribution is -0.143. The molecule has 2 aromatic heterocycles. The number of hydrogen-bond acceptors (Lipinski definition) is 6. The highest BCUT2D eigenvalue weighted by Gasteiger charge is 2.38. The Morgan fingerprint density at radius 3 is 2.41 bits per heavy atom. The Labute approximate surface area is 257 Å². The molecule has 1 aliphatic carbocycles. The first-order valence-corrected chi connectivity index (χ1v) is 15.9. The maximum atomic E-state index is 14.2. The number of nitrogens with zero attached hydrogens (tertiary/aromatic N) is 5. The molecule has 4 aromatic rings. The summed E-state index contributed by atoms with van der Waals surface area (Å²) < 4.78 is 3.24. The normalized spacial score (nSPS) is 15.6. The van der Waals surface area contributed by atoms with Gasteiger partial charge in [0.15, 0.2) is 0 Å². The van der Waals surface area contributed by atoms with Gasteiger partial charge in [0.05, 0.1) is 24.3 Å². The highest BCUT2D eigenvalue weighted by atomic mass is 16.7. The summed E-state index contributed by atoms with van der Waals surface area (Å²) in [5.41, 5.74) is 3.75. The van der Waals surface area contributed by atoms with E-state index in [1.165, 1.54) is 10.9 Å². The number of fused-ring (bicyclic) bond motifs is 2. The van der Waals surface area contributed by atoms with Gasteiger partial charge in [-0.25, -0.2) is 4.79 Å². The topological polar surface area (TPSA) is 98.3 Å². The molecule has 1 amide bonds. The van der Waals surface area contributed by atoms with Crippen LogP contribution in [-0.4, -0.2) is 42.7 Å². The van der Waals surface area contributed by atoms with Gasteiger partial charge in [-0.2, -0.15) is 9.61 Å². The van der Waals surface area contributed by atoms with Gasteiger partial charge in [-0.15, -0.1) is 0 Å². The van der Waals surface area contributed by atoms with Gasteiger partial charge < -0.3 is 14.3 Å². The molecule has 2 aromatic carbocycles. The molecule has 6 rings (SSSR count). The quantitative estimate of drug-likeness (QED) is 0.0871. The van der Waals surface area contributed by atoms with Gasteiger partial charge in [0.25, 0.3) is 11.5 Å². The van der Waals surface area contributed by atoms with Crippen LogP contribution in [0, 0.1) is 0 Å². The third kappa shape index (κ3) is 6.09. The molecule has 2 aliphatic rings. The van der Waals surface area contributed by atoms with E-state index in [0.29, 0.717) is 34.7 Å². The Kier molecular flexibility index (Phi) is 9.00. The van der Waals surface area contributed by atoms with Crippen LogP contribution in [0.25, 0.3) is 16.9 Å². The number of aromatic nitrogens is 3. The molecule has 0 spiro atoms. The molecule has 0 saturated heterocycles. The van der Waals surface area contributed by atoms with Crippen LogP contribution in [0.1, 0.15) is 92.7 Å². The second-order valence-electron chi connectivity index (χ2n) is 11.8. The number of amides is 1. The largest absolute Gasteiger partial charge is 0.335 e. The molecule has 9 heteroatoms. The first kappa shape index (κ1) is 29.5. The fraction of sp³-hybridized carbons (Fsp3) is 0.400. The van der Waals surface area contributed by atoms with Crippen molar-refractivity contribution in [3.63, 3.8) is 0 Å². The molecule has 44 heavy (non-hydrogen) atoms. The molecule has 0 N–H and O–H groups in total. The minimum atomic E-state index is -0.389. The summed E-state index contributed by atoms with van der Waals surface area (Å²) in [4.78, 5) is 48.0. The van der Waals surface area contributed by atoms with Crippen LogP contribution in [0.2, 0.25) is 0 Å². The van der Waals surface area contributed by atoms with Gasteiger partial charge in [-0.05, 0) is 19.3 Å². The Balaban J connectivity index is 1.43. The minimum absolute atomic E-state index is 0.111. The smallest absolute Gasteiger partial charge is 0.330 e. The van der Waals surface area contributed by atoms with E-state index in [1.807, 2.05) is 76.2 Å². The standard InChI is InChI=1S/C35H39N5O4/c1-2-3-4-14-21-32(41)44-37-30(26-17-10-6-11-18-26)24-39-31-22-29(25-15-8-5-9-16-25)36-40(31)34(42)28-23-38(35(43)33(28)39)27-19-12-7-13-20-27/h5-6,8-11,15-18,22,27H,2-4,7,12-14,19-21,23-24H2,1H3/b37-30-. The molecule has 228 valence electrons. The van der Waals surface area contributed by atoms with Gasteiger partial charge >= 0.3 is 5.97 Å². The van der Waals surface area contributed by atoms with Crippen molar-refractivity contribution in [3.05, 3.63) is 93.9 Å². The minimum Gasteiger partial charge on any atom is -0.330 e. The van der Waals surface area contributed by atoms with Crippen molar-refractivity contribution in [3.8, 4) is 11.3 Å². The van der Waals surface area contributed by atoms with Gasteiger partial charge in [0.2, 0.25) is 0 Å². The predicted octanol–water partition coefficient (Wildman–Crippen LogP) is 6.37. The molecule has 1 fully saturated rings. The van der Waals surface area contributed by atoms with E-state index in [9.17, 15) is 14.4 Å². The third-order valence-corrected chi connectivity index (χ3v) is 8.76. The fourth-order valence-corrected chi connectivity index (χ4v) is 6.38. The summed E-state index contributed by atoms with van der Waals surface area (Å²) in [6.07, 6.45) is 9.36. The Morgan fingerprint density at radius 1 is 0.955 bits per heavy atom. The third-order valence-electron chi connectivity index (χ3n) is 8.76. The highest BCUT2D eigenvalue weighted by Crippen LogP contribution is 2.31. The first-order chi connectivity index (χ1) is 21.5. The zero-order chi connectivity index (χ0) is 30.5. The molecule has 0 bridgehead atoms. The zero-order valence-corrected chi connectivity index (χ0v) is 25.3. The average molecular weight is 594 g/mol. The maximum absolute atomic E-state index is 14.2. The zero-order valence-electron chi connectivity index (χ0n) is 25.3. The predicted molar refractivity (Wildman–Crippen MR) is 169 cm³/mol. The van der Waals surface area contributed by atoms with Gasteiger partial charge in [-0.1, -0.05) is 111 Å². The van der Waals surface area contributed by atoms with Crippen molar-refractivity contribution < 1.29 is 14.4 Å². The second kappa shape index (κ2) is 13.4.